The van der Waals surface area contributed by atoms with E-state index < -0.39 is 11.7 Å². The maximum atomic E-state index is 12.9. The average molecular weight is 289 g/mol. The summed E-state index contributed by atoms with van der Waals surface area (Å²) in [6, 6.07) is 2.10. The van der Waals surface area contributed by atoms with E-state index in [2.05, 4.69) is 15.6 Å². The molecule has 2 N–H and O–H groups in total. The Morgan fingerprint density at radius 3 is 2.25 bits per heavy atom. The van der Waals surface area contributed by atoms with Gasteiger partial charge in [0.25, 0.3) is 0 Å². The molecule has 1 rings (SSSR count). The van der Waals surface area contributed by atoms with E-state index in [1.807, 2.05) is 20.8 Å². The lowest BCUT2D eigenvalue weighted by Crippen LogP contribution is -2.14. The molecular formula is C14H22F3N3. The molecular weight excluding hydrogens is 267 g/mol. The number of hydrogen-bond donors (Lipinski definition) is 2. The zero-order valence-corrected chi connectivity index (χ0v) is 12.1. The minimum atomic E-state index is -4.36. The van der Waals surface area contributed by atoms with Crippen molar-refractivity contribution in [3.8, 4) is 0 Å². The number of alkyl halides is 3. The molecule has 1 heterocycles. The molecule has 6 heteroatoms. The van der Waals surface area contributed by atoms with E-state index in [1.54, 1.807) is 0 Å². The molecule has 0 radical (unpaired) electrons. The van der Waals surface area contributed by atoms with E-state index in [-0.39, 0.29) is 11.6 Å². The number of nitrogens with zero attached hydrogens (tertiary/aromatic N) is 1. The Morgan fingerprint density at radius 1 is 1.15 bits per heavy atom. The first kappa shape index (κ1) is 16.6. The zero-order valence-electron chi connectivity index (χ0n) is 12.1. The van der Waals surface area contributed by atoms with Crippen LogP contribution in [-0.4, -0.2) is 18.1 Å². The molecule has 0 spiro atoms. The average Bonchev–Trinajstić information content (AvgIpc) is 2.41. The molecule has 0 saturated heterocycles. The summed E-state index contributed by atoms with van der Waals surface area (Å²) in [4.78, 5) is 4.17. The maximum Gasteiger partial charge on any atom is 0.416 e. The van der Waals surface area contributed by atoms with Crippen molar-refractivity contribution in [2.45, 2.75) is 39.8 Å². The van der Waals surface area contributed by atoms with Gasteiger partial charge in [-0.1, -0.05) is 27.2 Å². The van der Waals surface area contributed by atoms with Crippen molar-refractivity contribution in [1.29, 1.82) is 0 Å². The van der Waals surface area contributed by atoms with Crippen molar-refractivity contribution in [1.82, 2.24) is 4.98 Å². The topological polar surface area (TPSA) is 37.0 Å². The van der Waals surface area contributed by atoms with Gasteiger partial charge in [0, 0.05) is 13.1 Å². The molecule has 0 fully saturated rings. The van der Waals surface area contributed by atoms with Gasteiger partial charge in [-0.15, -0.1) is 0 Å². The lowest BCUT2D eigenvalue weighted by molar-refractivity contribution is -0.137. The van der Waals surface area contributed by atoms with Crippen LogP contribution in [-0.2, 0) is 6.18 Å². The standard InChI is InChI=1S/C14H22F3N3/c1-4-6-18-12-7-11(14(15,16)17)8-13(20-12)19-9-10(3)5-2/h7-8,10H,4-6,9H2,1-3H3,(H2,18,19,20). The van der Waals surface area contributed by atoms with Crippen molar-refractivity contribution < 1.29 is 13.2 Å². The third-order valence-corrected chi connectivity index (χ3v) is 3.04. The number of nitrogens with one attached hydrogen (secondary N) is 2. The van der Waals surface area contributed by atoms with Crippen LogP contribution in [0.25, 0.3) is 0 Å². The summed E-state index contributed by atoms with van der Waals surface area (Å²) in [5.41, 5.74) is -0.683. The second-order valence-electron chi connectivity index (χ2n) is 4.95. The van der Waals surface area contributed by atoms with Crippen LogP contribution in [0.4, 0.5) is 24.8 Å². The van der Waals surface area contributed by atoms with E-state index in [1.165, 1.54) is 0 Å². The fourth-order valence-corrected chi connectivity index (χ4v) is 1.55. The van der Waals surface area contributed by atoms with Crippen LogP contribution in [0.3, 0.4) is 0 Å². The molecule has 114 valence electrons. The summed E-state index contributed by atoms with van der Waals surface area (Å²) in [6.07, 6.45) is -2.57. The van der Waals surface area contributed by atoms with Crippen LogP contribution < -0.4 is 10.6 Å². The van der Waals surface area contributed by atoms with Gasteiger partial charge in [-0.3, -0.25) is 0 Å². The molecule has 1 unspecified atom stereocenters. The van der Waals surface area contributed by atoms with Crippen LogP contribution in [0.2, 0.25) is 0 Å². The highest BCUT2D eigenvalue weighted by Crippen LogP contribution is 2.32. The summed E-state index contributed by atoms with van der Waals surface area (Å²) in [7, 11) is 0. The van der Waals surface area contributed by atoms with E-state index >= 15 is 0 Å². The maximum absolute atomic E-state index is 12.9. The van der Waals surface area contributed by atoms with Crippen LogP contribution in [0, 0.1) is 5.92 Å². The van der Waals surface area contributed by atoms with Gasteiger partial charge in [0.1, 0.15) is 11.6 Å². The Kier molecular flexibility index (Phi) is 6.10. The summed E-state index contributed by atoms with van der Waals surface area (Å²) in [6.45, 7) is 7.23. The van der Waals surface area contributed by atoms with Crippen molar-refractivity contribution in [2.75, 3.05) is 23.7 Å². The third kappa shape index (κ3) is 5.27. The zero-order chi connectivity index (χ0) is 15.2. The second kappa shape index (κ2) is 7.36. The normalized spacial score (nSPS) is 13.1. The molecule has 0 aliphatic carbocycles. The molecule has 3 nitrogen and oxygen atoms in total. The lowest BCUT2D eigenvalue weighted by Gasteiger charge is -2.15. The van der Waals surface area contributed by atoms with E-state index in [4.69, 9.17) is 0 Å². The number of aromatic nitrogens is 1. The highest BCUT2D eigenvalue weighted by Gasteiger charge is 2.31. The van der Waals surface area contributed by atoms with Crippen molar-refractivity contribution >= 4 is 11.6 Å². The minimum absolute atomic E-state index is 0.258. The Labute approximate surface area is 118 Å². The quantitative estimate of drug-likeness (QED) is 0.782. The van der Waals surface area contributed by atoms with Crippen molar-refractivity contribution in [2.24, 2.45) is 5.92 Å². The first-order chi connectivity index (χ1) is 9.36. The highest BCUT2D eigenvalue weighted by atomic mass is 19.4. The lowest BCUT2D eigenvalue weighted by atomic mass is 10.1. The van der Waals surface area contributed by atoms with E-state index in [0.717, 1.165) is 25.0 Å². The molecule has 1 atom stereocenters. The van der Waals surface area contributed by atoms with Gasteiger partial charge < -0.3 is 10.6 Å². The summed E-state index contributed by atoms with van der Waals surface area (Å²) >= 11 is 0. The first-order valence-electron chi connectivity index (χ1n) is 6.93. The molecule has 20 heavy (non-hydrogen) atoms. The van der Waals surface area contributed by atoms with Gasteiger partial charge in [0.05, 0.1) is 5.56 Å². The summed E-state index contributed by atoms with van der Waals surface area (Å²) < 4.78 is 38.6. The second-order valence-corrected chi connectivity index (χ2v) is 4.95. The molecule has 0 aliphatic rings. The van der Waals surface area contributed by atoms with Gasteiger partial charge in [-0.2, -0.15) is 13.2 Å². The van der Waals surface area contributed by atoms with Gasteiger partial charge in [-0.05, 0) is 24.5 Å². The molecule has 0 aromatic carbocycles. The molecule has 0 bridgehead atoms. The van der Waals surface area contributed by atoms with Crippen molar-refractivity contribution in [3.63, 3.8) is 0 Å². The van der Waals surface area contributed by atoms with E-state index in [0.29, 0.717) is 19.0 Å². The molecule has 1 aromatic rings. The van der Waals surface area contributed by atoms with Gasteiger partial charge in [0.2, 0.25) is 0 Å². The number of pyridine rings is 1. The molecule has 0 aliphatic heterocycles. The Hall–Kier alpha value is -1.46. The van der Waals surface area contributed by atoms with Crippen LogP contribution in [0.5, 0.6) is 0 Å². The molecule has 0 saturated carbocycles. The van der Waals surface area contributed by atoms with Gasteiger partial charge >= 0.3 is 6.18 Å². The number of anilines is 2. The first-order valence-corrected chi connectivity index (χ1v) is 6.93. The summed E-state index contributed by atoms with van der Waals surface area (Å²) in [5, 5.41) is 5.87. The third-order valence-electron chi connectivity index (χ3n) is 3.04. The molecule has 1 aromatic heterocycles. The summed E-state index contributed by atoms with van der Waals surface area (Å²) in [5.74, 6) is 0.908. The van der Waals surface area contributed by atoms with Crippen molar-refractivity contribution in [3.05, 3.63) is 17.7 Å². The number of hydrogen-bond acceptors (Lipinski definition) is 3. The minimum Gasteiger partial charge on any atom is -0.370 e. The SMILES string of the molecule is CCCNc1cc(C(F)(F)F)cc(NCC(C)CC)n1. The van der Waals surface area contributed by atoms with Gasteiger partial charge in [0.15, 0.2) is 0 Å². The number of rotatable bonds is 7. The fraction of sp³-hybridized carbons (Fsp3) is 0.643. The van der Waals surface area contributed by atoms with Gasteiger partial charge in [-0.25, -0.2) is 4.98 Å². The van der Waals surface area contributed by atoms with Crippen LogP contribution >= 0.6 is 0 Å². The predicted octanol–water partition coefficient (Wildman–Crippen LogP) is 4.38. The number of halogens is 3. The monoisotopic (exact) mass is 289 g/mol. The van der Waals surface area contributed by atoms with Crippen LogP contribution in [0.15, 0.2) is 12.1 Å². The van der Waals surface area contributed by atoms with Crippen LogP contribution in [0.1, 0.15) is 39.2 Å². The largest absolute Gasteiger partial charge is 0.416 e. The Balaban J connectivity index is 2.91. The predicted molar refractivity (Wildman–Crippen MR) is 76.0 cm³/mol. The Morgan fingerprint density at radius 2 is 1.75 bits per heavy atom. The smallest absolute Gasteiger partial charge is 0.370 e. The van der Waals surface area contributed by atoms with E-state index in [9.17, 15) is 13.2 Å². The highest BCUT2D eigenvalue weighted by molar-refractivity contribution is 5.49. The molecule has 0 amide bonds. The fourth-order valence-electron chi connectivity index (χ4n) is 1.55. The Bertz CT molecular complexity index is 419.